The summed E-state index contributed by atoms with van der Waals surface area (Å²) in [6.07, 6.45) is 8.76. The van der Waals surface area contributed by atoms with Gasteiger partial charge in [0.15, 0.2) is 0 Å². The third kappa shape index (κ3) is 7.28. The molecule has 0 bridgehead atoms. The highest BCUT2D eigenvalue weighted by atomic mass is 32.2. The van der Waals surface area contributed by atoms with Crippen molar-refractivity contribution in [2.24, 2.45) is 5.92 Å². The van der Waals surface area contributed by atoms with E-state index in [1.807, 2.05) is 29.0 Å². The van der Waals surface area contributed by atoms with E-state index in [9.17, 15) is 18.3 Å². The van der Waals surface area contributed by atoms with Crippen molar-refractivity contribution in [3.8, 4) is 0 Å². The Labute approximate surface area is 293 Å². The van der Waals surface area contributed by atoms with Crippen LogP contribution in [0.15, 0.2) is 49.3 Å². The van der Waals surface area contributed by atoms with Gasteiger partial charge in [0.1, 0.15) is 27.6 Å². The molecule has 1 aromatic carbocycles. The van der Waals surface area contributed by atoms with Crippen LogP contribution in [0, 0.1) is 5.92 Å². The molecule has 3 aromatic rings. The zero-order chi connectivity index (χ0) is 35.2. The third-order valence-electron chi connectivity index (χ3n) is 10.9. The minimum absolute atomic E-state index is 0.0805. The molecule has 4 saturated heterocycles. The number of anilines is 4. The lowest BCUT2D eigenvalue weighted by Gasteiger charge is -2.44. The van der Waals surface area contributed by atoms with E-state index in [2.05, 4.69) is 38.8 Å². The zero-order valence-electron chi connectivity index (χ0n) is 28.8. The van der Waals surface area contributed by atoms with Crippen LogP contribution in [0.2, 0.25) is 0 Å². The topological polar surface area (TPSA) is 135 Å². The number of aromatic nitrogens is 3. The Kier molecular flexibility index (Phi) is 9.46. The second-order valence-corrected chi connectivity index (χ2v) is 16.9. The van der Waals surface area contributed by atoms with Gasteiger partial charge in [0.05, 0.1) is 23.9 Å². The summed E-state index contributed by atoms with van der Waals surface area (Å²) in [5.41, 5.74) is 1.33. The Morgan fingerprint density at radius 1 is 1.06 bits per heavy atom. The number of pyridine rings is 1. The number of piperidine rings is 2. The molecule has 2 aromatic heterocycles. The molecule has 1 amide bonds. The number of hydrogen-bond donors (Lipinski definition) is 2. The van der Waals surface area contributed by atoms with Gasteiger partial charge in [0.25, 0.3) is 0 Å². The number of carbonyl (C=O) groups is 1. The van der Waals surface area contributed by atoms with Crippen molar-refractivity contribution in [2.75, 3.05) is 72.9 Å². The van der Waals surface area contributed by atoms with Gasteiger partial charge in [-0.2, -0.15) is 4.98 Å². The summed E-state index contributed by atoms with van der Waals surface area (Å²) in [4.78, 5) is 34.9. The number of likely N-dealkylation sites (tertiary alicyclic amines) is 2. The van der Waals surface area contributed by atoms with Gasteiger partial charge in [-0.25, -0.2) is 22.8 Å². The van der Waals surface area contributed by atoms with E-state index in [1.165, 1.54) is 12.3 Å². The molecule has 0 unspecified atom stereocenters. The van der Waals surface area contributed by atoms with E-state index in [-0.39, 0.29) is 36.2 Å². The molecule has 4 aliphatic rings. The van der Waals surface area contributed by atoms with E-state index in [4.69, 9.17) is 9.97 Å². The molecule has 268 valence electrons. The first kappa shape index (κ1) is 34.6. The standard InChI is InChI=1S/C36H47FN8O4S/c1-4-34(46)45-14-5-6-30(45)25-7-8-29(44-20-24(21-44)23-50(3,48)49)27-19-39-33(18-26(25)27)40-32-9-13-38-35(41-32)43-15-10-31(28(37)22-43)42-16-11-36(2,47)12-17-42/h4,7-9,13,18-19,24,28,30-31,47H,1,5-6,10-12,14-17,20-23H2,2-3H3,(H,38,39,40,41)/t28-,30-,31+/m0/s1. The predicted octanol–water partition coefficient (Wildman–Crippen LogP) is 3.86. The van der Waals surface area contributed by atoms with Crippen molar-refractivity contribution < 1.29 is 22.7 Å². The number of fused-ring (bicyclic) bond motifs is 1. The third-order valence-corrected chi connectivity index (χ3v) is 11.9. The molecule has 50 heavy (non-hydrogen) atoms. The molecule has 0 spiro atoms. The van der Waals surface area contributed by atoms with Crippen LogP contribution in [0.1, 0.15) is 50.6 Å². The molecule has 0 saturated carbocycles. The van der Waals surface area contributed by atoms with Crippen LogP contribution < -0.4 is 15.1 Å². The summed E-state index contributed by atoms with van der Waals surface area (Å²) in [7, 11) is -3.06. The average Bonchev–Trinajstić information content (AvgIpc) is 3.55. The van der Waals surface area contributed by atoms with Gasteiger partial charge in [-0.05, 0) is 74.3 Å². The van der Waals surface area contributed by atoms with Crippen LogP contribution in [0.4, 0.5) is 27.7 Å². The highest BCUT2D eigenvalue weighted by molar-refractivity contribution is 7.90. The number of hydrogen-bond acceptors (Lipinski definition) is 11. The van der Waals surface area contributed by atoms with Crippen molar-refractivity contribution >= 4 is 49.8 Å². The van der Waals surface area contributed by atoms with Crippen molar-refractivity contribution in [3.05, 3.63) is 54.9 Å². The lowest BCUT2D eigenvalue weighted by Crippen LogP contribution is -2.56. The van der Waals surface area contributed by atoms with Gasteiger partial charge in [0.2, 0.25) is 11.9 Å². The second-order valence-electron chi connectivity index (χ2n) is 14.8. The van der Waals surface area contributed by atoms with E-state index < -0.39 is 21.6 Å². The number of aliphatic hydroxyl groups is 1. The summed E-state index contributed by atoms with van der Waals surface area (Å²) in [5.74, 6) is 1.71. The quantitative estimate of drug-likeness (QED) is 0.314. The molecule has 4 fully saturated rings. The number of sulfone groups is 1. The number of halogens is 1. The lowest BCUT2D eigenvalue weighted by atomic mass is 9.91. The fourth-order valence-electron chi connectivity index (χ4n) is 8.18. The Morgan fingerprint density at radius 3 is 2.56 bits per heavy atom. The van der Waals surface area contributed by atoms with Gasteiger partial charge in [-0.15, -0.1) is 0 Å². The van der Waals surface area contributed by atoms with Crippen LogP contribution in [-0.2, 0) is 14.6 Å². The van der Waals surface area contributed by atoms with Crippen LogP contribution in [0.5, 0.6) is 0 Å². The molecular weight excluding hydrogens is 660 g/mol. The number of rotatable bonds is 9. The summed E-state index contributed by atoms with van der Waals surface area (Å²) in [5, 5.41) is 15.6. The predicted molar refractivity (Wildman–Crippen MR) is 193 cm³/mol. The minimum Gasteiger partial charge on any atom is -0.390 e. The maximum absolute atomic E-state index is 15.5. The number of carbonyl (C=O) groups excluding carboxylic acids is 1. The summed E-state index contributed by atoms with van der Waals surface area (Å²) < 4.78 is 39.3. The number of nitrogens with one attached hydrogen (secondary N) is 1. The van der Waals surface area contributed by atoms with Crippen molar-refractivity contribution in [1.82, 2.24) is 24.8 Å². The first-order valence-electron chi connectivity index (χ1n) is 17.6. The van der Waals surface area contributed by atoms with Crippen LogP contribution in [0.25, 0.3) is 10.8 Å². The number of nitrogens with zero attached hydrogens (tertiary/aromatic N) is 7. The first-order valence-corrected chi connectivity index (χ1v) is 19.7. The van der Waals surface area contributed by atoms with Crippen molar-refractivity contribution in [1.29, 1.82) is 0 Å². The molecule has 3 atom stereocenters. The number of amides is 1. The Hall–Kier alpha value is -3.88. The fraction of sp³-hybridized carbons (Fsp3) is 0.556. The summed E-state index contributed by atoms with van der Waals surface area (Å²) in [6.45, 7) is 9.74. The van der Waals surface area contributed by atoms with E-state index in [0.29, 0.717) is 76.1 Å². The van der Waals surface area contributed by atoms with Gasteiger partial charge >= 0.3 is 0 Å². The number of alkyl halides is 1. The van der Waals surface area contributed by atoms with Gasteiger partial charge < -0.3 is 25.1 Å². The van der Waals surface area contributed by atoms with Crippen molar-refractivity contribution in [3.63, 3.8) is 0 Å². The minimum atomic E-state index is -3.06. The fourth-order valence-corrected chi connectivity index (χ4v) is 9.24. The molecule has 7 rings (SSSR count). The molecule has 6 heterocycles. The Bertz CT molecular complexity index is 1860. The highest BCUT2D eigenvalue weighted by Crippen LogP contribution is 2.41. The van der Waals surface area contributed by atoms with Gasteiger partial charge in [0, 0.05) is 81.0 Å². The first-order chi connectivity index (χ1) is 23.9. The average molecular weight is 707 g/mol. The molecule has 14 heteroatoms. The largest absolute Gasteiger partial charge is 0.390 e. The van der Waals surface area contributed by atoms with E-state index >= 15 is 4.39 Å². The van der Waals surface area contributed by atoms with Crippen molar-refractivity contribution in [2.45, 2.75) is 62.9 Å². The Morgan fingerprint density at radius 2 is 1.84 bits per heavy atom. The lowest BCUT2D eigenvalue weighted by molar-refractivity contribution is -0.126. The van der Waals surface area contributed by atoms with Gasteiger partial charge in [-0.1, -0.05) is 12.6 Å². The Balaban J connectivity index is 1.12. The summed E-state index contributed by atoms with van der Waals surface area (Å²) in [6, 6.07) is 7.60. The molecule has 2 N–H and O–H groups in total. The van der Waals surface area contributed by atoms with E-state index in [1.54, 1.807) is 12.3 Å². The van der Waals surface area contributed by atoms with Crippen LogP contribution in [-0.4, -0.2) is 120 Å². The zero-order valence-corrected chi connectivity index (χ0v) is 29.7. The second kappa shape index (κ2) is 13.7. The number of benzene rings is 1. The maximum atomic E-state index is 15.5. The summed E-state index contributed by atoms with van der Waals surface area (Å²) >= 11 is 0. The molecule has 0 radical (unpaired) electrons. The molecule has 12 nitrogen and oxygen atoms in total. The normalized spacial score (nSPS) is 24.7. The molecular formula is C36H47FN8O4S. The smallest absolute Gasteiger partial charge is 0.246 e. The van der Waals surface area contributed by atoms with Gasteiger partial charge in [-0.3, -0.25) is 9.69 Å². The van der Waals surface area contributed by atoms with Crippen LogP contribution >= 0.6 is 0 Å². The SMILES string of the molecule is C=CC(=O)N1CCC[C@H]1c1ccc(N2CC(CS(C)(=O)=O)C2)c2cnc(Nc3ccnc(N4CC[C@@H](N5CCC(C)(O)CC5)[C@@H](F)C4)n3)cc12. The van der Waals surface area contributed by atoms with Crippen LogP contribution in [0.3, 0.4) is 0 Å². The monoisotopic (exact) mass is 706 g/mol. The molecule has 0 aliphatic carbocycles. The highest BCUT2D eigenvalue weighted by Gasteiger charge is 2.38. The molecule has 4 aliphatic heterocycles. The maximum Gasteiger partial charge on any atom is 0.246 e. The van der Waals surface area contributed by atoms with E-state index in [0.717, 1.165) is 34.9 Å².